The number of rotatable bonds is 4. The van der Waals surface area contributed by atoms with E-state index in [0.29, 0.717) is 0 Å². The standard InChI is InChI=1S/C21H14Br2N2O9S2/c22-17-15(35(29,30)31)7-9-5-11(1-3-13(9)19(17)26)24-21(28)25-12-2-4-14-10(6-12)8-16(36(32,33)34)18(23)20(14)27/h1-8,26-27H,(H2,24,25,28)(H,29,30,31)(H,32,33,34). The number of carbonyl (C=O) groups excluding carboxylic acids is 1. The Morgan fingerprint density at radius 1 is 0.667 bits per heavy atom. The molecule has 0 atom stereocenters. The van der Waals surface area contributed by atoms with Gasteiger partial charge in [-0.15, -0.1) is 0 Å². The number of fused-ring (bicyclic) bond motifs is 2. The van der Waals surface area contributed by atoms with Crippen molar-refractivity contribution in [3.8, 4) is 11.5 Å². The largest absolute Gasteiger partial charge is 0.506 e. The van der Waals surface area contributed by atoms with Gasteiger partial charge in [-0.25, -0.2) is 4.79 Å². The molecule has 0 saturated carbocycles. The van der Waals surface area contributed by atoms with Gasteiger partial charge in [0.05, 0.1) is 8.95 Å². The highest BCUT2D eigenvalue weighted by molar-refractivity contribution is 9.11. The minimum Gasteiger partial charge on any atom is -0.506 e. The zero-order valence-corrected chi connectivity index (χ0v) is 22.3. The SMILES string of the molecule is O=C(Nc1ccc2c(O)c(Br)c(S(=O)(=O)O)cc2c1)Nc1ccc2c(O)c(Br)c(S(=O)(=O)O)cc2c1. The van der Waals surface area contributed by atoms with Crippen LogP contribution in [0.25, 0.3) is 21.5 Å². The van der Waals surface area contributed by atoms with Crippen molar-refractivity contribution in [2.24, 2.45) is 0 Å². The van der Waals surface area contributed by atoms with Crippen molar-refractivity contribution in [2.75, 3.05) is 10.6 Å². The van der Waals surface area contributed by atoms with Crippen LogP contribution in [0, 0.1) is 0 Å². The first kappa shape index (κ1) is 26.1. The number of aromatic hydroxyl groups is 2. The molecule has 4 rings (SSSR count). The molecule has 15 heteroatoms. The number of hydrogen-bond donors (Lipinski definition) is 6. The third kappa shape index (κ3) is 4.98. The number of phenolic OH excluding ortho intramolecular Hbond substituents is 2. The fourth-order valence-electron chi connectivity index (χ4n) is 3.50. The number of hydrogen-bond acceptors (Lipinski definition) is 7. The van der Waals surface area contributed by atoms with Gasteiger partial charge in [0.25, 0.3) is 20.2 Å². The molecular formula is C21H14Br2N2O9S2. The Morgan fingerprint density at radius 2 is 1.03 bits per heavy atom. The molecule has 11 nitrogen and oxygen atoms in total. The predicted octanol–water partition coefficient (Wildman–Crippen LogP) is 5.07. The van der Waals surface area contributed by atoms with Crippen LogP contribution >= 0.6 is 31.9 Å². The topological polar surface area (TPSA) is 190 Å². The van der Waals surface area contributed by atoms with E-state index in [1.807, 2.05) is 0 Å². The molecule has 0 bridgehead atoms. The molecule has 0 saturated heterocycles. The normalized spacial score (nSPS) is 12.1. The monoisotopic (exact) mass is 660 g/mol. The summed E-state index contributed by atoms with van der Waals surface area (Å²) in [5.41, 5.74) is 0.443. The summed E-state index contributed by atoms with van der Waals surface area (Å²) >= 11 is 5.88. The second kappa shape index (κ2) is 9.17. The molecule has 0 fully saturated rings. The molecule has 0 aliphatic carbocycles. The lowest BCUT2D eigenvalue weighted by Gasteiger charge is -2.12. The molecule has 6 N–H and O–H groups in total. The van der Waals surface area contributed by atoms with Crippen LogP contribution in [0.4, 0.5) is 16.2 Å². The van der Waals surface area contributed by atoms with Gasteiger partial charge in [0.1, 0.15) is 21.3 Å². The average Bonchev–Trinajstić information content (AvgIpc) is 2.77. The second-order valence-electron chi connectivity index (χ2n) is 7.48. The smallest absolute Gasteiger partial charge is 0.323 e. The van der Waals surface area contributed by atoms with Gasteiger partial charge in [-0.1, -0.05) is 0 Å². The molecule has 0 heterocycles. The second-order valence-corrected chi connectivity index (χ2v) is 11.8. The maximum absolute atomic E-state index is 12.5. The Hall–Kier alpha value is -2.95. The summed E-state index contributed by atoms with van der Waals surface area (Å²) < 4.78 is 64.7. The first-order valence-corrected chi connectivity index (χ1v) is 14.1. The minimum atomic E-state index is -4.64. The maximum atomic E-state index is 12.5. The van der Waals surface area contributed by atoms with Crippen LogP contribution in [-0.2, 0) is 20.2 Å². The number of benzene rings is 4. The van der Waals surface area contributed by atoms with Crippen molar-refractivity contribution >= 4 is 91.0 Å². The van der Waals surface area contributed by atoms with Gasteiger partial charge in [-0.05, 0) is 91.2 Å². The van der Waals surface area contributed by atoms with Crippen LogP contribution in [0.15, 0.2) is 67.3 Å². The fraction of sp³-hybridized carbons (Fsp3) is 0. The zero-order chi connectivity index (χ0) is 26.6. The number of nitrogens with one attached hydrogen (secondary N) is 2. The molecule has 0 aliphatic rings. The molecule has 188 valence electrons. The molecule has 0 spiro atoms. The van der Waals surface area contributed by atoms with Crippen LogP contribution < -0.4 is 10.6 Å². The van der Waals surface area contributed by atoms with E-state index in [4.69, 9.17) is 0 Å². The molecule has 36 heavy (non-hydrogen) atoms. The molecule has 0 radical (unpaired) electrons. The number of carbonyl (C=O) groups is 1. The third-order valence-corrected chi connectivity index (χ3v) is 8.99. The Morgan fingerprint density at radius 3 is 1.36 bits per heavy atom. The summed E-state index contributed by atoms with van der Waals surface area (Å²) in [5, 5.41) is 26.5. The number of urea groups is 1. The summed E-state index contributed by atoms with van der Waals surface area (Å²) in [5.74, 6) is -0.821. The zero-order valence-electron chi connectivity index (χ0n) is 17.5. The summed E-state index contributed by atoms with van der Waals surface area (Å²) in [6.07, 6.45) is 0. The molecule has 0 aliphatic heterocycles. The van der Waals surface area contributed by atoms with Crippen molar-refractivity contribution in [1.29, 1.82) is 0 Å². The van der Waals surface area contributed by atoms with Gasteiger partial charge in [-0.2, -0.15) is 16.8 Å². The summed E-state index contributed by atoms with van der Waals surface area (Å²) in [6, 6.07) is 10.1. The Balaban J connectivity index is 1.64. The Labute approximate surface area is 220 Å². The van der Waals surface area contributed by atoms with Crippen LogP contribution in [0.2, 0.25) is 0 Å². The van der Waals surface area contributed by atoms with Crippen molar-refractivity contribution in [1.82, 2.24) is 0 Å². The summed E-state index contributed by atoms with van der Waals surface area (Å²) in [4.78, 5) is 11.4. The van der Waals surface area contributed by atoms with Gasteiger partial charge >= 0.3 is 6.03 Å². The molecule has 0 aromatic heterocycles. The first-order valence-electron chi connectivity index (χ1n) is 9.60. The lowest BCUT2D eigenvalue weighted by molar-refractivity contribution is 0.262. The third-order valence-electron chi connectivity index (χ3n) is 5.11. The molecule has 4 aromatic carbocycles. The van der Waals surface area contributed by atoms with Crippen molar-refractivity contribution < 1.29 is 40.9 Å². The summed E-state index contributed by atoms with van der Waals surface area (Å²) in [7, 11) is -9.28. The van der Waals surface area contributed by atoms with E-state index in [-0.39, 0.29) is 41.9 Å². The lowest BCUT2D eigenvalue weighted by atomic mass is 10.1. The number of halogens is 2. The predicted molar refractivity (Wildman–Crippen MR) is 139 cm³/mol. The maximum Gasteiger partial charge on any atom is 0.323 e. The van der Waals surface area contributed by atoms with E-state index in [0.717, 1.165) is 12.1 Å². The van der Waals surface area contributed by atoms with Crippen LogP contribution in [0.1, 0.15) is 0 Å². The van der Waals surface area contributed by atoms with Crippen molar-refractivity contribution in [2.45, 2.75) is 9.79 Å². The van der Waals surface area contributed by atoms with E-state index in [2.05, 4.69) is 42.5 Å². The van der Waals surface area contributed by atoms with E-state index in [9.17, 15) is 40.9 Å². The molecule has 4 aromatic rings. The van der Waals surface area contributed by atoms with Gasteiger partial charge in [-0.3, -0.25) is 9.11 Å². The number of amides is 2. The van der Waals surface area contributed by atoms with Gasteiger partial charge in [0.15, 0.2) is 0 Å². The van der Waals surface area contributed by atoms with Crippen molar-refractivity contribution in [3.05, 3.63) is 57.5 Å². The summed E-state index contributed by atoms with van der Waals surface area (Å²) in [6.45, 7) is 0. The van der Waals surface area contributed by atoms with Gasteiger partial charge < -0.3 is 20.8 Å². The van der Waals surface area contributed by atoms with Crippen molar-refractivity contribution in [3.63, 3.8) is 0 Å². The highest BCUT2D eigenvalue weighted by Gasteiger charge is 2.21. The first-order chi connectivity index (χ1) is 16.7. The van der Waals surface area contributed by atoms with Crippen LogP contribution in [0.3, 0.4) is 0 Å². The van der Waals surface area contributed by atoms with Crippen LogP contribution in [0.5, 0.6) is 11.5 Å². The Bertz CT molecular complexity index is 1680. The van der Waals surface area contributed by atoms with Gasteiger partial charge in [0, 0.05) is 22.1 Å². The quantitative estimate of drug-likeness (QED) is 0.162. The van der Waals surface area contributed by atoms with E-state index in [1.165, 1.54) is 36.4 Å². The molecule has 0 unspecified atom stereocenters. The minimum absolute atomic E-state index is 0.206. The lowest BCUT2D eigenvalue weighted by Crippen LogP contribution is -2.19. The molecular weight excluding hydrogens is 648 g/mol. The molecule has 2 amide bonds. The van der Waals surface area contributed by atoms with E-state index < -0.39 is 47.6 Å². The van der Waals surface area contributed by atoms with E-state index in [1.54, 1.807) is 0 Å². The number of phenols is 2. The van der Waals surface area contributed by atoms with Crippen LogP contribution in [-0.4, -0.2) is 42.2 Å². The number of anilines is 2. The Kier molecular flexibility index (Phi) is 6.65. The highest BCUT2D eigenvalue weighted by Crippen LogP contribution is 2.40. The fourth-order valence-corrected chi connectivity index (χ4v) is 6.58. The van der Waals surface area contributed by atoms with Gasteiger partial charge in [0.2, 0.25) is 0 Å². The highest BCUT2D eigenvalue weighted by atomic mass is 79.9. The average molecular weight is 662 g/mol. The van der Waals surface area contributed by atoms with E-state index >= 15 is 0 Å².